The van der Waals surface area contributed by atoms with E-state index in [1.807, 2.05) is 0 Å². The molecule has 0 aromatic carbocycles. The highest BCUT2D eigenvalue weighted by Gasteiger charge is 2.41. The van der Waals surface area contributed by atoms with Crippen molar-refractivity contribution in [2.75, 3.05) is 13.3 Å². The maximum atomic E-state index is 11.1. The molecule has 0 radical (unpaired) electrons. The van der Waals surface area contributed by atoms with E-state index < -0.39 is 24.8 Å². The normalized spacial score (nSPS) is 19.9. The van der Waals surface area contributed by atoms with Gasteiger partial charge in [-0.25, -0.2) is 4.79 Å². The zero-order valence-corrected chi connectivity index (χ0v) is 8.53. The van der Waals surface area contributed by atoms with Gasteiger partial charge >= 0.3 is 11.9 Å². The Labute approximate surface area is 90.4 Å². The van der Waals surface area contributed by atoms with Crippen LogP contribution in [0.3, 0.4) is 0 Å². The molecule has 90 valence electrons. The molecular formula is C7H11N3O6. The minimum atomic E-state index is -1.10. The molecule has 0 spiro atoms. The lowest BCUT2D eigenvalue weighted by atomic mass is 10.1. The van der Waals surface area contributed by atoms with Crippen molar-refractivity contribution in [3.05, 3.63) is 5.21 Å². The molecule has 0 unspecified atom stereocenters. The quantitative estimate of drug-likeness (QED) is 0.169. The number of nitrogens with zero attached hydrogens (tertiary/aromatic N) is 3. The maximum Gasteiger partial charge on any atom is 0.332 e. The highest BCUT2D eigenvalue weighted by molar-refractivity contribution is 5.74. The molecule has 0 aliphatic carbocycles. The van der Waals surface area contributed by atoms with Crippen molar-refractivity contribution in [3.8, 4) is 0 Å². The van der Waals surface area contributed by atoms with Crippen LogP contribution in [-0.2, 0) is 19.2 Å². The van der Waals surface area contributed by atoms with E-state index >= 15 is 0 Å². The van der Waals surface area contributed by atoms with Gasteiger partial charge in [0.15, 0.2) is 6.04 Å². The second-order valence-electron chi connectivity index (χ2n) is 3.02. The molecule has 1 N–H and O–H groups in total. The van der Waals surface area contributed by atoms with Gasteiger partial charge in [0.05, 0.1) is 11.5 Å². The molecule has 1 saturated heterocycles. The summed E-state index contributed by atoms with van der Waals surface area (Å²) in [6.07, 6.45) is 0.382. The zero-order chi connectivity index (χ0) is 12.1. The van der Waals surface area contributed by atoms with Crippen molar-refractivity contribution in [2.45, 2.75) is 19.4 Å². The van der Waals surface area contributed by atoms with Crippen molar-refractivity contribution >= 4 is 11.9 Å². The minimum Gasteiger partial charge on any atom is -0.569 e. The SMILES string of the molecule is CC(=O)OCO/N=[N+](/[O-])N1CC[C@H]1C(=O)O. The number of hydrazine groups is 1. The molecule has 0 bridgehead atoms. The monoisotopic (exact) mass is 233 g/mol. The van der Waals surface area contributed by atoms with E-state index in [9.17, 15) is 14.8 Å². The number of hydrogen-bond acceptors (Lipinski definition) is 6. The lowest BCUT2D eigenvalue weighted by Gasteiger charge is -2.31. The molecule has 1 rings (SSSR count). The van der Waals surface area contributed by atoms with Crippen LogP contribution >= 0.6 is 0 Å². The third-order valence-electron chi connectivity index (χ3n) is 1.94. The zero-order valence-electron chi connectivity index (χ0n) is 8.53. The maximum absolute atomic E-state index is 11.1. The fraction of sp³-hybridized carbons (Fsp3) is 0.714. The molecule has 0 aromatic heterocycles. The average Bonchev–Trinajstić information content (AvgIpc) is 2.09. The third-order valence-corrected chi connectivity index (χ3v) is 1.94. The first-order valence-electron chi connectivity index (χ1n) is 4.45. The van der Waals surface area contributed by atoms with E-state index in [2.05, 4.69) is 14.9 Å². The number of esters is 1. The lowest BCUT2D eigenvalue weighted by Crippen LogP contribution is -2.55. The number of carboxylic acids is 1. The highest BCUT2D eigenvalue weighted by Crippen LogP contribution is 2.17. The summed E-state index contributed by atoms with van der Waals surface area (Å²) in [6, 6.07) is -0.876. The molecule has 9 nitrogen and oxygen atoms in total. The van der Waals surface area contributed by atoms with Gasteiger partial charge in [0.2, 0.25) is 5.28 Å². The summed E-state index contributed by atoms with van der Waals surface area (Å²) in [5, 5.41) is 23.8. The molecule has 0 amide bonds. The summed E-state index contributed by atoms with van der Waals surface area (Å²) in [4.78, 5) is 25.2. The van der Waals surface area contributed by atoms with Crippen LogP contribution in [-0.4, -0.2) is 46.4 Å². The summed E-state index contributed by atoms with van der Waals surface area (Å²) in [5.41, 5.74) is 0. The van der Waals surface area contributed by atoms with Crippen LogP contribution in [0.15, 0.2) is 5.28 Å². The van der Waals surface area contributed by atoms with Crippen molar-refractivity contribution in [1.29, 1.82) is 0 Å². The molecule has 16 heavy (non-hydrogen) atoms. The van der Waals surface area contributed by atoms with Gasteiger partial charge < -0.3 is 19.9 Å². The second kappa shape index (κ2) is 5.14. The van der Waals surface area contributed by atoms with E-state index in [-0.39, 0.29) is 4.97 Å². The van der Waals surface area contributed by atoms with Crippen molar-refractivity contribution in [3.63, 3.8) is 0 Å². The smallest absolute Gasteiger partial charge is 0.332 e. The van der Waals surface area contributed by atoms with Crippen LogP contribution in [0.5, 0.6) is 0 Å². The number of carbonyl (C=O) groups excluding carboxylic acids is 1. The Morgan fingerprint density at radius 2 is 2.38 bits per heavy atom. The van der Waals surface area contributed by atoms with Gasteiger partial charge in [-0.15, -0.1) is 5.01 Å². The Balaban J connectivity index is 2.33. The minimum absolute atomic E-state index is 0.0335. The fourth-order valence-corrected chi connectivity index (χ4v) is 1.06. The van der Waals surface area contributed by atoms with Crippen LogP contribution in [0.25, 0.3) is 0 Å². The summed E-state index contributed by atoms with van der Waals surface area (Å²) >= 11 is 0. The van der Waals surface area contributed by atoms with Gasteiger partial charge in [0, 0.05) is 13.3 Å². The average molecular weight is 233 g/mol. The lowest BCUT2D eigenvalue weighted by molar-refractivity contribution is -0.729. The molecule has 0 aromatic rings. The van der Waals surface area contributed by atoms with Gasteiger partial charge in [-0.1, -0.05) is 0 Å². The van der Waals surface area contributed by atoms with Crippen LogP contribution in [0, 0.1) is 5.21 Å². The molecule has 1 heterocycles. The Hall–Kier alpha value is -2.06. The van der Waals surface area contributed by atoms with Crippen molar-refractivity contribution in [1.82, 2.24) is 5.01 Å². The predicted molar refractivity (Wildman–Crippen MR) is 46.5 cm³/mol. The molecule has 1 aliphatic heterocycles. The van der Waals surface area contributed by atoms with Crippen molar-refractivity contribution < 1.29 is 29.2 Å². The van der Waals surface area contributed by atoms with E-state index in [4.69, 9.17) is 5.11 Å². The van der Waals surface area contributed by atoms with Crippen LogP contribution in [0.1, 0.15) is 13.3 Å². The van der Waals surface area contributed by atoms with Crippen LogP contribution < -0.4 is 0 Å². The molecule has 0 saturated carbocycles. The van der Waals surface area contributed by atoms with Crippen LogP contribution in [0.4, 0.5) is 0 Å². The Bertz CT molecular complexity index is 317. The first kappa shape index (κ1) is 12.0. The number of carboxylic acid groups (broad SMARTS) is 1. The van der Waals surface area contributed by atoms with Gasteiger partial charge in [-0.05, 0) is 0 Å². The van der Waals surface area contributed by atoms with E-state index in [1.54, 1.807) is 0 Å². The Morgan fingerprint density at radius 1 is 1.69 bits per heavy atom. The largest absolute Gasteiger partial charge is 0.569 e. The van der Waals surface area contributed by atoms with E-state index in [0.717, 1.165) is 5.01 Å². The summed E-state index contributed by atoms with van der Waals surface area (Å²) in [6.45, 7) is 0.981. The number of ether oxygens (including phenoxy) is 1. The molecular weight excluding hydrogens is 222 g/mol. The number of carbonyl (C=O) groups is 2. The summed E-state index contributed by atoms with van der Waals surface area (Å²) in [5.74, 6) is -1.66. The standard InChI is InChI=1S/C7H11N3O6/c1-5(11)15-4-16-8-10(14)9-3-2-6(9)7(12)13/h6H,2-4H2,1H3,(H,12,13)/b10-8+/t6-/m0/s1. The first-order valence-corrected chi connectivity index (χ1v) is 4.45. The highest BCUT2D eigenvalue weighted by atomic mass is 16.8. The molecule has 1 atom stereocenters. The first-order chi connectivity index (χ1) is 7.52. The topological polar surface area (TPSA) is 114 Å². The molecule has 9 heteroatoms. The number of rotatable bonds is 5. The Morgan fingerprint density at radius 3 is 2.81 bits per heavy atom. The van der Waals surface area contributed by atoms with Crippen molar-refractivity contribution in [2.24, 2.45) is 5.28 Å². The number of hydrogen-bond donors (Lipinski definition) is 1. The Kier molecular flexibility index (Phi) is 3.86. The third kappa shape index (κ3) is 2.97. The van der Waals surface area contributed by atoms with Gasteiger partial charge in [0.25, 0.3) is 6.79 Å². The summed E-state index contributed by atoms with van der Waals surface area (Å²) < 4.78 is 4.34. The van der Waals surface area contributed by atoms with Gasteiger partial charge in [-0.3, -0.25) is 4.79 Å². The van der Waals surface area contributed by atoms with Gasteiger partial charge in [0.1, 0.15) is 0 Å². The summed E-state index contributed by atoms with van der Waals surface area (Å²) in [7, 11) is 0. The van der Waals surface area contributed by atoms with Crippen LogP contribution in [0.2, 0.25) is 0 Å². The molecule has 1 fully saturated rings. The van der Waals surface area contributed by atoms with Gasteiger partial charge in [-0.2, -0.15) is 0 Å². The predicted octanol–water partition coefficient (Wildman–Crippen LogP) is -0.525. The number of aliphatic carboxylic acids is 1. The van der Waals surface area contributed by atoms with E-state index in [1.165, 1.54) is 6.92 Å². The second-order valence-corrected chi connectivity index (χ2v) is 3.02. The fourth-order valence-electron chi connectivity index (χ4n) is 1.06. The van der Waals surface area contributed by atoms with E-state index in [0.29, 0.717) is 13.0 Å². The molecule has 1 aliphatic rings.